The summed E-state index contributed by atoms with van der Waals surface area (Å²) in [7, 11) is -3.22. The molecule has 0 atom stereocenters. The lowest BCUT2D eigenvalue weighted by Crippen LogP contribution is -2.35. The molecule has 0 aliphatic heterocycles. The number of sulfonamides is 1. The Hall–Kier alpha value is -1.07. The summed E-state index contributed by atoms with van der Waals surface area (Å²) in [6.45, 7) is 1.42. The fraction of sp³-hybridized carbons (Fsp3) is 0.600. The first-order chi connectivity index (χ1) is 9.53. The maximum atomic E-state index is 12.6. The van der Waals surface area contributed by atoms with Crippen LogP contribution in [0.25, 0.3) is 0 Å². The lowest BCUT2D eigenvalue weighted by Gasteiger charge is -2.22. The Balaban J connectivity index is 1.72. The molecule has 4 nitrogen and oxygen atoms in total. The van der Waals surface area contributed by atoms with Gasteiger partial charge in [0, 0.05) is 18.8 Å². The van der Waals surface area contributed by atoms with Crippen LogP contribution in [0.2, 0.25) is 0 Å². The smallest absolute Gasteiger partial charge is 0.218 e. The average Bonchev–Trinajstić information content (AvgIpc) is 3.22. The third-order valence-electron chi connectivity index (χ3n) is 4.01. The second-order valence-electron chi connectivity index (χ2n) is 6.20. The first-order valence-corrected chi connectivity index (χ1v) is 8.96. The van der Waals surface area contributed by atoms with Crippen molar-refractivity contribution in [3.05, 3.63) is 29.8 Å². The van der Waals surface area contributed by atoms with Gasteiger partial charge in [0.2, 0.25) is 10.0 Å². The van der Waals surface area contributed by atoms with Crippen LogP contribution in [0.5, 0.6) is 0 Å². The Labute approximate surface area is 121 Å². The molecule has 2 aliphatic rings. The topological polar surface area (TPSA) is 63.4 Å². The first kappa shape index (κ1) is 13.9. The van der Waals surface area contributed by atoms with Gasteiger partial charge in [-0.1, -0.05) is 12.1 Å². The highest BCUT2D eigenvalue weighted by atomic mass is 32.2. The van der Waals surface area contributed by atoms with Gasteiger partial charge < -0.3 is 5.73 Å². The van der Waals surface area contributed by atoms with Crippen molar-refractivity contribution in [1.29, 1.82) is 0 Å². The summed E-state index contributed by atoms with van der Waals surface area (Å²) in [5.41, 5.74) is 7.12. The number of nitrogens with zero attached hydrogens (tertiary/aromatic N) is 1. The van der Waals surface area contributed by atoms with E-state index in [2.05, 4.69) is 0 Å². The third kappa shape index (κ3) is 3.73. The molecule has 2 aliphatic carbocycles. The molecule has 0 heterocycles. The highest BCUT2D eigenvalue weighted by Crippen LogP contribution is 2.35. The highest BCUT2D eigenvalue weighted by molar-refractivity contribution is 7.88. The number of hydrogen-bond acceptors (Lipinski definition) is 3. The zero-order chi connectivity index (χ0) is 14.2. The van der Waals surface area contributed by atoms with Crippen LogP contribution in [0.4, 0.5) is 5.69 Å². The molecule has 1 aromatic rings. The summed E-state index contributed by atoms with van der Waals surface area (Å²) < 4.78 is 27.0. The van der Waals surface area contributed by atoms with Gasteiger partial charge in [0.1, 0.15) is 0 Å². The molecular weight excluding hydrogens is 272 g/mol. The standard InChI is InChI=1S/C15H22N2O2S/c16-15-3-1-2-14(8-15)11-20(18,19)17(9-12-4-5-12)10-13-6-7-13/h1-3,8,12-13H,4-7,9-11,16H2. The second kappa shape index (κ2) is 5.37. The molecule has 1 aromatic carbocycles. The van der Waals surface area contributed by atoms with E-state index in [1.165, 1.54) is 25.7 Å². The van der Waals surface area contributed by atoms with Crippen molar-refractivity contribution in [2.75, 3.05) is 18.8 Å². The minimum Gasteiger partial charge on any atom is -0.399 e. The molecule has 2 saturated carbocycles. The molecule has 0 spiro atoms. The van der Waals surface area contributed by atoms with Gasteiger partial charge in [-0.2, -0.15) is 0 Å². The molecule has 5 heteroatoms. The van der Waals surface area contributed by atoms with Gasteiger partial charge in [0.05, 0.1) is 5.75 Å². The number of benzene rings is 1. The zero-order valence-corrected chi connectivity index (χ0v) is 12.5. The molecule has 0 bridgehead atoms. The van der Waals surface area contributed by atoms with E-state index < -0.39 is 10.0 Å². The van der Waals surface area contributed by atoms with Gasteiger partial charge >= 0.3 is 0 Å². The van der Waals surface area contributed by atoms with Gasteiger partial charge in [-0.3, -0.25) is 0 Å². The third-order valence-corrected chi connectivity index (χ3v) is 5.79. The van der Waals surface area contributed by atoms with Crippen LogP contribution in [0, 0.1) is 11.8 Å². The predicted molar refractivity (Wildman–Crippen MR) is 80.5 cm³/mol. The van der Waals surface area contributed by atoms with Crippen LogP contribution in [-0.4, -0.2) is 25.8 Å². The van der Waals surface area contributed by atoms with E-state index in [0.29, 0.717) is 30.6 Å². The van der Waals surface area contributed by atoms with Gasteiger partial charge in [0.25, 0.3) is 0 Å². The first-order valence-electron chi connectivity index (χ1n) is 7.35. The fourth-order valence-corrected chi connectivity index (χ4v) is 4.12. The summed E-state index contributed by atoms with van der Waals surface area (Å²) >= 11 is 0. The minimum atomic E-state index is -3.22. The molecule has 2 fully saturated rings. The Morgan fingerprint density at radius 1 is 1.10 bits per heavy atom. The highest BCUT2D eigenvalue weighted by Gasteiger charge is 2.34. The van der Waals surface area contributed by atoms with E-state index in [4.69, 9.17) is 5.73 Å². The van der Waals surface area contributed by atoms with Crippen molar-refractivity contribution in [2.45, 2.75) is 31.4 Å². The summed E-state index contributed by atoms with van der Waals surface area (Å²) in [5.74, 6) is 1.24. The van der Waals surface area contributed by atoms with E-state index in [-0.39, 0.29) is 5.75 Å². The van der Waals surface area contributed by atoms with Gasteiger partial charge in [-0.05, 0) is 55.2 Å². The van der Waals surface area contributed by atoms with Gasteiger partial charge in [-0.25, -0.2) is 12.7 Å². The molecule has 2 N–H and O–H groups in total. The second-order valence-corrected chi connectivity index (χ2v) is 8.17. The van der Waals surface area contributed by atoms with Crippen molar-refractivity contribution in [2.24, 2.45) is 11.8 Å². The molecule has 0 unspecified atom stereocenters. The molecular formula is C15H22N2O2S. The maximum Gasteiger partial charge on any atom is 0.218 e. The number of anilines is 1. The van der Waals surface area contributed by atoms with Crippen molar-refractivity contribution in [1.82, 2.24) is 4.31 Å². The van der Waals surface area contributed by atoms with E-state index in [1.54, 1.807) is 16.4 Å². The van der Waals surface area contributed by atoms with Crippen LogP contribution in [-0.2, 0) is 15.8 Å². The molecule has 0 aromatic heterocycles. The summed E-state index contributed by atoms with van der Waals surface area (Å²) in [5, 5.41) is 0. The van der Waals surface area contributed by atoms with Crippen LogP contribution in [0.15, 0.2) is 24.3 Å². The molecule has 0 radical (unpaired) electrons. The molecule has 0 amide bonds. The molecule has 20 heavy (non-hydrogen) atoms. The Morgan fingerprint density at radius 2 is 1.70 bits per heavy atom. The van der Waals surface area contributed by atoms with E-state index in [9.17, 15) is 8.42 Å². The summed E-state index contributed by atoms with van der Waals surface area (Å²) in [4.78, 5) is 0. The van der Waals surface area contributed by atoms with Crippen LogP contribution in [0.3, 0.4) is 0 Å². The van der Waals surface area contributed by atoms with Crippen LogP contribution >= 0.6 is 0 Å². The largest absolute Gasteiger partial charge is 0.399 e. The molecule has 0 saturated heterocycles. The van der Waals surface area contributed by atoms with Gasteiger partial charge in [0.15, 0.2) is 0 Å². The lowest BCUT2D eigenvalue weighted by atomic mass is 10.2. The number of hydrogen-bond donors (Lipinski definition) is 1. The average molecular weight is 294 g/mol. The lowest BCUT2D eigenvalue weighted by molar-refractivity contribution is 0.381. The maximum absolute atomic E-state index is 12.6. The number of nitrogens with two attached hydrogens (primary N) is 1. The van der Waals surface area contributed by atoms with Crippen molar-refractivity contribution >= 4 is 15.7 Å². The normalized spacial score (nSPS) is 19.4. The number of nitrogen functional groups attached to an aromatic ring is 1. The van der Waals surface area contributed by atoms with Crippen LogP contribution in [0.1, 0.15) is 31.2 Å². The quantitative estimate of drug-likeness (QED) is 0.784. The number of rotatable bonds is 7. The monoisotopic (exact) mass is 294 g/mol. The minimum absolute atomic E-state index is 0.0669. The van der Waals surface area contributed by atoms with Crippen LogP contribution < -0.4 is 5.73 Å². The Bertz CT molecular complexity index is 563. The fourth-order valence-electron chi connectivity index (χ4n) is 2.46. The van der Waals surface area contributed by atoms with E-state index in [1.807, 2.05) is 12.1 Å². The van der Waals surface area contributed by atoms with Crippen molar-refractivity contribution in [3.63, 3.8) is 0 Å². The molecule has 3 rings (SSSR count). The molecule has 110 valence electrons. The summed E-state index contributed by atoms with van der Waals surface area (Å²) in [6, 6.07) is 7.18. The van der Waals surface area contributed by atoms with Gasteiger partial charge in [-0.15, -0.1) is 0 Å². The SMILES string of the molecule is Nc1cccc(CS(=O)(=O)N(CC2CC2)CC2CC2)c1. The van der Waals surface area contributed by atoms with Crippen molar-refractivity contribution < 1.29 is 8.42 Å². The Kier molecular flexibility index (Phi) is 3.73. The van der Waals surface area contributed by atoms with E-state index in [0.717, 1.165) is 5.56 Å². The van der Waals surface area contributed by atoms with E-state index >= 15 is 0 Å². The Morgan fingerprint density at radius 3 is 2.20 bits per heavy atom. The predicted octanol–water partition coefficient (Wildman–Crippen LogP) is 2.22. The van der Waals surface area contributed by atoms with Crippen molar-refractivity contribution in [3.8, 4) is 0 Å². The zero-order valence-electron chi connectivity index (χ0n) is 11.7. The summed E-state index contributed by atoms with van der Waals surface area (Å²) in [6.07, 6.45) is 4.70.